The third-order valence-corrected chi connectivity index (χ3v) is 5.44. The van der Waals surface area contributed by atoms with E-state index in [1.54, 1.807) is 24.8 Å². The number of imidazole rings is 1. The second-order valence-corrected chi connectivity index (χ2v) is 7.41. The van der Waals surface area contributed by atoms with Crippen LogP contribution in [0.5, 0.6) is 11.5 Å². The molecule has 2 heterocycles. The van der Waals surface area contributed by atoms with Gasteiger partial charge in [-0.3, -0.25) is 18.8 Å². The summed E-state index contributed by atoms with van der Waals surface area (Å²) in [5.41, 5.74) is 16.0. The SMILES string of the molecule is CCc1c(-n2cnc3cc(-c4cnn(CC(N)=O)c4)ccc32)cc(OC)c(C(N)=O)c1OC. The topological polar surface area (TPSA) is 140 Å². The maximum Gasteiger partial charge on any atom is 0.256 e. The smallest absolute Gasteiger partial charge is 0.256 e. The number of hydrogen-bond donors (Lipinski definition) is 2. The zero-order valence-electron chi connectivity index (χ0n) is 18.5. The van der Waals surface area contributed by atoms with Crippen molar-refractivity contribution in [3.8, 4) is 28.3 Å². The Labute approximate surface area is 189 Å². The number of ether oxygens (including phenoxy) is 2. The number of fused-ring (bicyclic) bond motifs is 1. The molecule has 0 aliphatic heterocycles. The quantitative estimate of drug-likeness (QED) is 0.423. The molecule has 33 heavy (non-hydrogen) atoms. The molecule has 10 nitrogen and oxygen atoms in total. The van der Waals surface area contributed by atoms with Crippen molar-refractivity contribution in [2.45, 2.75) is 19.9 Å². The van der Waals surface area contributed by atoms with Crippen molar-refractivity contribution < 1.29 is 19.1 Å². The highest BCUT2D eigenvalue weighted by atomic mass is 16.5. The van der Waals surface area contributed by atoms with E-state index in [4.69, 9.17) is 20.9 Å². The van der Waals surface area contributed by atoms with E-state index < -0.39 is 11.8 Å². The van der Waals surface area contributed by atoms with Gasteiger partial charge in [-0.25, -0.2) is 4.98 Å². The van der Waals surface area contributed by atoms with Crippen LogP contribution in [0.1, 0.15) is 22.8 Å². The van der Waals surface area contributed by atoms with Crippen molar-refractivity contribution in [3.63, 3.8) is 0 Å². The molecule has 0 atom stereocenters. The molecule has 4 aromatic rings. The van der Waals surface area contributed by atoms with E-state index in [0.717, 1.165) is 33.4 Å². The normalized spacial score (nSPS) is 11.0. The Bertz CT molecular complexity index is 1370. The Morgan fingerprint density at radius 3 is 2.52 bits per heavy atom. The van der Waals surface area contributed by atoms with Gasteiger partial charge in [0, 0.05) is 23.4 Å². The van der Waals surface area contributed by atoms with Gasteiger partial charge in [-0.05, 0) is 24.1 Å². The number of aromatic nitrogens is 4. The Balaban J connectivity index is 1.84. The van der Waals surface area contributed by atoms with Crippen LogP contribution in [-0.4, -0.2) is 45.4 Å². The lowest BCUT2D eigenvalue weighted by Gasteiger charge is -2.19. The maximum atomic E-state index is 12.1. The monoisotopic (exact) mass is 448 g/mol. The first-order chi connectivity index (χ1) is 15.9. The van der Waals surface area contributed by atoms with Gasteiger partial charge in [-0.1, -0.05) is 13.0 Å². The molecule has 0 saturated heterocycles. The number of hydrogen-bond acceptors (Lipinski definition) is 6. The van der Waals surface area contributed by atoms with E-state index in [1.165, 1.54) is 18.9 Å². The second kappa shape index (κ2) is 8.65. The lowest BCUT2D eigenvalue weighted by Crippen LogP contribution is -2.18. The van der Waals surface area contributed by atoms with E-state index >= 15 is 0 Å². The fourth-order valence-electron chi connectivity index (χ4n) is 3.98. The second-order valence-electron chi connectivity index (χ2n) is 7.41. The number of methoxy groups -OCH3 is 2. The number of rotatable bonds is 8. The van der Waals surface area contributed by atoms with Gasteiger partial charge < -0.3 is 20.9 Å². The number of nitrogens with two attached hydrogens (primary N) is 2. The Kier molecular flexibility index (Phi) is 5.74. The minimum atomic E-state index is -0.623. The predicted molar refractivity (Wildman–Crippen MR) is 122 cm³/mol. The fraction of sp³-hybridized carbons (Fsp3) is 0.217. The zero-order valence-corrected chi connectivity index (χ0v) is 18.5. The molecule has 4 rings (SSSR count). The molecule has 0 bridgehead atoms. The van der Waals surface area contributed by atoms with E-state index in [2.05, 4.69) is 10.1 Å². The number of primary amides is 2. The molecule has 0 aliphatic carbocycles. The van der Waals surface area contributed by atoms with Crippen LogP contribution in [-0.2, 0) is 17.8 Å². The average molecular weight is 448 g/mol. The largest absolute Gasteiger partial charge is 0.496 e. The predicted octanol–water partition coefficient (Wildman–Crippen LogP) is 2.05. The number of carbonyl (C=O) groups excluding carboxylic acids is 2. The Morgan fingerprint density at radius 2 is 1.88 bits per heavy atom. The third kappa shape index (κ3) is 3.86. The van der Waals surface area contributed by atoms with Gasteiger partial charge in [-0.2, -0.15) is 5.10 Å². The molecule has 0 spiro atoms. The van der Waals surface area contributed by atoms with Crippen LogP contribution in [0, 0.1) is 0 Å². The number of amides is 2. The van der Waals surface area contributed by atoms with Gasteiger partial charge in [0.2, 0.25) is 5.91 Å². The summed E-state index contributed by atoms with van der Waals surface area (Å²) in [5.74, 6) is -0.368. The van der Waals surface area contributed by atoms with Gasteiger partial charge in [0.15, 0.2) is 0 Å². The number of benzene rings is 2. The van der Waals surface area contributed by atoms with Crippen LogP contribution in [0.4, 0.5) is 0 Å². The zero-order chi connectivity index (χ0) is 23.7. The van der Waals surface area contributed by atoms with Crippen LogP contribution in [0.15, 0.2) is 43.0 Å². The molecule has 10 heteroatoms. The van der Waals surface area contributed by atoms with Gasteiger partial charge in [0.25, 0.3) is 5.91 Å². The summed E-state index contributed by atoms with van der Waals surface area (Å²) in [6.45, 7) is 1.99. The maximum absolute atomic E-state index is 12.1. The van der Waals surface area contributed by atoms with E-state index in [0.29, 0.717) is 17.9 Å². The van der Waals surface area contributed by atoms with Crippen molar-refractivity contribution in [3.05, 3.63) is 54.1 Å². The van der Waals surface area contributed by atoms with Crippen molar-refractivity contribution >= 4 is 22.8 Å². The molecule has 0 radical (unpaired) electrons. The summed E-state index contributed by atoms with van der Waals surface area (Å²) in [7, 11) is 2.98. The number of carbonyl (C=O) groups is 2. The molecule has 2 amide bonds. The van der Waals surface area contributed by atoms with Gasteiger partial charge in [-0.15, -0.1) is 0 Å². The van der Waals surface area contributed by atoms with Crippen molar-refractivity contribution in [1.82, 2.24) is 19.3 Å². The standard InChI is InChI=1S/C23H24N6O4/c1-4-15-18(8-19(32-2)21(23(25)31)22(15)33-3)29-12-26-16-7-13(5-6-17(16)29)14-9-27-28(10-14)11-20(24)30/h5-10,12H,4,11H2,1-3H3,(H2,24,30)(H2,25,31). The average Bonchev–Trinajstić information content (AvgIpc) is 3.43. The Morgan fingerprint density at radius 1 is 1.09 bits per heavy atom. The van der Waals surface area contributed by atoms with Crippen LogP contribution in [0.2, 0.25) is 0 Å². The van der Waals surface area contributed by atoms with E-state index in [1.807, 2.05) is 29.7 Å². The van der Waals surface area contributed by atoms with Crippen LogP contribution >= 0.6 is 0 Å². The lowest BCUT2D eigenvalue weighted by atomic mass is 10.0. The molecule has 4 N–H and O–H groups in total. The van der Waals surface area contributed by atoms with Gasteiger partial charge in [0.05, 0.1) is 37.1 Å². The highest BCUT2D eigenvalue weighted by Crippen LogP contribution is 2.38. The third-order valence-electron chi connectivity index (χ3n) is 5.44. The van der Waals surface area contributed by atoms with Crippen LogP contribution in [0.3, 0.4) is 0 Å². The first-order valence-corrected chi connectivity index (χ1v) is 10.2. The first-order valence-electron chi connectivity index (χ1n) is 10.2. The van der Waals surface area contributed by atoms with E-state index in [-0.39, 0.29) is 12.1 Å². The molecule has 170 valence electrons. The molecule has 0 fully saturated rings. The molecule has 0 aliphatic rings. The van der Waals surface area contributed by atoms with Gasteiger partial charge in [0.1, 0.15) is 29.9 Å². The summed E-state index contributed by atoms with van der Waals surface area (Å²) in [5, 5.41) is 4.17. The van der Waals surface area contributed by atoms with Crippen LogP contribution in [0.25, 0.3) is 27.8 Å². The lowest BCUT2D eigenvalue weighted by molar-refractivity contribution is -0.118. The Hall–Kier alpha value is -4.34. The van der Waals surface area contributed by atoms with Crippen molar-refractivity contribution in [1.29, 1.82) is 0 Å². The highest BCUT2D eigenvalue weighted by molar-refractivity contribution is 6.00. The molecule has 0 saturated carbocycles. The minimum absolute atomic E-state index is 0.0155. The van der Waals surface area contributed by atoms with Crippen molar-refractivity contribution in [2.75, 3.05) is 14.2 Å². The summed E-state index contributed by atoms with van der Waals surface area (Å²) in [6.07, 6.45) is 5.74. The molecule has 0 unspecified atom stereocenters. The van der Waals surface area contributed by atoms with Crippen LogP contribution < -0.4 is 20.9 Å². The molecular formula is C23H24N6O4. The summed E-state index contributed by atoms with van der Waals surface area (Å²) < 4.78 is 14.4. The highest BCUT2D eigenvalue weighted by Gasteiger charge is 2.24. The summed E-state index contributed by atoms with van der Waals surface area (Å²) >= 11 is 0. The molecular weight excluding hydrogens is 424 g/mol. The summed E-state index contributed by atoms with van der Waals surface area (Å²) in [6, 6.07) is 7.60. The fourth-order valence-corrected chi connectivity index (χ4v) is 3.98. The first kappa shape index (κ1) is 21.9. The number of nitrogens with zero attached hydrogens (tertiary/aromatic N) is 4. The molecule has 2 aromatic heterocycles. The minimum Gasteiger partial charge on any atom is -0.496 e. The summed E-state index contributed by atoms with van der Waals surface area (Å²) in [4.78, 5) is 27.8. The van der Waals surface area contributed by atoms with Gasteiger partial charge >= 0.3 is 0 Å². The molecule has 2 aromatic carbocycles. The van der Waals surface area contributed by atoms with Crippen molar-refractivity contribution in [2.24, 2.45) is 11.5 Å². The van der Waals surface area contributed by atoms with E-state index in [9.17, 15) is 9.59 Å².